The molecule has 0 spiro atoms. The van der Waals surface area contributed by atoms with Gasteiger partial charge in [0.1, 0.15) is 4.88 Å². The molecule has 1 aliphatic rings. The molecule has 1 unspecified atom stereocenters. The molecule has 1 saturated heterocycles. The number of anilines is 1. The van der Waals surface area contributed by atoms with E-state index in [1.807, 2.05) is 23.1 Å². The van der Waals surface area contributed by atoms with Gasteiger partial charge in [0, 0.05) is 27.6 Å². The van der Waals surface area contributed by atoms with Crippen molar-refractivity contribution < 1.29 is 4.79 Å². The Morgan fingerprint density at radius 2 is 2.24 bits per heavy atom. The first-order valence-electron chi connectivity index (χ1n) is 7.24. The second-order valence-electron chi connectivity index (χ2n) is 6.00. The third-order valence-corrected chi connectivity index (χ3v) is 6.17. The predicted molar refractivity (Wildman–Crippen MR) is 92.8 cm³/mol. The largest absolute Gasteiger partial charge is 0.397 e. The van der Waals surface area contributed by atoms with Crippen molar-refractivity contribution >= 4 is 48.9 Å². The van der Waals surface area contributed by atoms with Crippen LogP contribution in [0.25, 0.3) is 10.1 Å². The molecule has 3 nitrogen and oxygen atoms in total. The highest BCUT2D eigenvalue weighted by Gasteiger charge is 2.30. The minimum atomic E-state index is 0.0868. The fraction of sp³-hybridized carbons (Fsp3) is 0.438. The Balaban J connectivity index is 1.93. The molecule has 1 fully saturated rings. The number of hydrogen-bond acceptors (Lipinski definition) is 3. The third-order valence-electron chi connectivity index (χ3n) is 4.35. The first-order valence-corrected chi connectivity index (χ1v) is 8.85. The molecule has 0 bridgehead atoms. The van der Waals surface area contributed by atoms with E-state index >= 15 is 0 Å². The fourth-order valence-corrected chi connectivity index (χ4v) is 4.78. The molecule has 112 valence electrons. The summed E-state index contributed by atoms with van der Waals surface area (Å²) in [6, 6.07) is 5.95. The third kappa shape index (κ3) is 2.57. The maximum atomic E-state index is 12.8. The molecule has 2 N–H and O–H groups in total. The van der Waals surface area contributed by atoms with E-state index in [1.54, 1.807) is 0 Å². The van der Waals surface area contributed by atoms with Crippen LogP contribution in [0.3, 0.4) is 0 Å². The summed E-state index contributed by atoms with van der Waals surface area (Å²) in [5, 5.41) is 0.963. The number of rotatable bonds is 2. The number of likely N-dealkylation sites (tertiary alicyclic amines) is 1. The molecule has 0 saturated carbocycles. The Morgan fingerprint density at radius 1 is 1.48 bits per heavy atom. The van der Waals surface area contributed by atoms with E-state index in [-0.39, 0.29) is 5.91 Å². The smallest absolute Gasteiger partial charge is 0.266 e. The van der Waals surface area contributed by atoms with Gasteiger partial charge in [0.25, 0.3) is 5.91 Å². The number of halogens is 1. The summed E-state index contributed by atoms with van der Waals surface area (Å²) >= 11 is 5.02. The predicted octanol–water partition coefficient (Wildman–Crippen LogP) is 4.36. The van der Waals surface area contributed by atoms with Gasteiger partial charge in [-0.15, -0.1) is 11.3 Å². The van der Waals surface area contributed by atoms with Gasteiger partial charge >= 0.3 is 0 Å². The van der Waals surface area contributed by atoms with Crippen LogP contribution in [-0.4, -0.2) is 23.9 Å². The van der Waals surface area contributed by atoms with Crippen LogP contribution in [0.2, 0.25) is 0 Å². The van der Waals surface area contributed by atoms with Gasteiger partial charge in [-0.05, 0) is 30.4 Å². The number of nitrogens with two attached hydrogens (primary N) is 1. The molecule has 1 aliphatic heterocycles. The summed E-state index contributed by atoms with van der Waals surface area (Å²) < 4.78 is 2.01. The second kappa shape index (κ2) is 5.61. The number of nitrogen functional groups attached to an aromatic ring is 1. The number of hydrogen-bond donors (Lipinski definition) is 1. The average Bonchev–Trinajstić information content (AvgIpc) is 3.04. The highest BCUT2D eigenvalue weighted by atomic mass is 79.9. The second-order valence-corrected chi connectivity index (χ2v) is 7.91. The van der Waals surface area contributed by atoms with Crippen molar-refractivity contribution in [3.8, 4) is 0 Å². The number of benzene rings is 1. The van der Waals surface area contributed by atoms with Gasteiger partial charge in [-0.25, -0.2) is 0 Å². The molecule has 2 aromatic rings. The van der Waals surface area contributed by atoms with E-state index in [2.05, 4.69) is 29.8 Å². The Hall–Kier alpha value is -1.07. The van der Waals surface area contributed by atoms with Crippen molar-refractivity contribution in [2.45, 2.75) is 20.3 Å². The lowest BCUT2D eigenvalue weighted by Crippen LogP contribution is -2.29. The maximum Gasteiger partial charge on any atom is 0.266 e. The minimum absolute atomic E-state index is 0.0868. The topological polar surface area (TPSA) is 46.3 Å². The van der Waals surface area contributed by atoms with E-state index in [9.17, 15) is 4.79 Å². The van der Waals surface area contributed by atoms with Gasteiger partial charge in [0.2, 0.25) is 0 Å². The zero-order valence-electron chi connectivity index (χ0n) is 12.2. The molecule has 1 atom stereocenters. The molecule has 5 heteroatoms. The maximum absolute atomic E-state index is 12.8. The Labute approximate surface area is 137 Å². The lowest BCUT2D eigenvalue weighted by Gasteiger charge is -2.17. The highest BCUT2D eigenvalue weighted by Crippen LogP contribution is 2.39. The van der Waals surface area contributed by atoms with Crippen molar-refractivity contribution in [1.82, 2.24) is 4.90 Å². The van der Waals surface area contributed by atoms with Gasteiger partial charge in [-0.3, -0.25) is 4.79 Å². The quantitative estimate of drug-likeness (QED) is 0.857. The van der Waals surface area contributed by atoms with Crippen molar-refractivity contribution in [3.05, 3.63) is 27.5 Å². The van der Waals surface area contributed by atoms with E-state index in [0.717, 1.165) is 34.1 Å². The van der Waals surface area contributed by atoms with Crippen molar-refractivity contribution in [2.24, 2.45) is 11.8 Å². The SMILES string of the molecule is CC(C)C1CCN(C(=O)c2sc3cccc(Br)c3c2N)C1. The molecule has 0 radical (unpaired) electrons. The van der Waals surface area contributed by atoms with Crippen LogP contribution in [-0.2, 0) is 0 Å². The first-order chi connectivity index (χ1) is 9.99. The van der Waals surface area contributed by atoms with Gasteiger partial charge in [0.05, 0.1) is 5.69 Å². The summed E-state index contributed by atoms with van der Waals surface area (Å²) in [7, 11) is 0. The van der Waals surface area contributed by atoms with Gasteiger partial charge in [-0.1, -0.05) is 35.8 Å². The van der Waals surface area contributed by atoms with Crippen LogP contribution in [0, 0.1) is 11.8 Å². The molecule has 1 amide bonds. The molecule has 1 aromatic carbocycles. The zero-order chi connectivity index (χ0) is 15.1. The van der Waals surface area contributed by atoms with E-state index in [4.69, 9.17) is 5.73 Å². The summed E-state index contributed by atoms with van der Waals surface area (Å²) in [6.45, 7) is 6.15. The molecular weight excluding hydrogens is 348 g/mol. The number of carbonyl (C=O) groups is 1. The summed E-state index contributed by atoms with van der Waals surface area (Å²) in [6.07, 6.45) is 1.10. The fourth-order valence-electron chi connectivity index (χ4n) is 2.95. The lowest BCUT2D eigenvalue weighted by molar-refractivity contribution is 0.0790. The van der Waals surface area contributed by atoms with Gasteiger partial charge in [-0.2, -0.15) is 0 Å². The zero-order valence-corrected chi connectivity index (χ0v) is 14.6. The molecular formula is C16H19BrN2OS. The van der Waals surface area contributed by atoms with Crippen LogP contribution >= 0.6 is 27.3 Å². The standard InChI is InChI=1S/C16H19BrN2OS/c1-9(2)10-6-7-19(8-10)16(20)15-14(18)13-11(17)4-3-5-12(13)21-15/h3-5,9-10H,6-8,18H2,1-2H3. The normalized spacial score (nSPS) is 18.9. The molecule has 3 rings (SSSR count). The summed E-state index contributed by atoms with van der Waals surface area (Å²) in [4.78, 5) is 15.4. The number of fused-ring (bicyclic) bond motifs is 1. The van der Waals surface area contributed by atoms with Gasteiger partial charge in [0.15, 0.2) is 0 Å². The Kier molecular flexibility index (Phi) is 3.97. The molecule has 1 aromatic heterocycles. The van der Waals surface area contributed by atoms with Crippen LogP contribution in [0.15, 0.2) is 22.7 Å². The van der Waals surface area contributed by atoms with E-state index in [1.165, 1.54) is 11.3 Å². The Morgan fingerprint density at radius 3 is 2.86 bits per heavy atom. The van der Waals surface area contributed by atoms with Gasteiger partial charge < -0.3 is 10.6 Å². The number of carbonyl (C=O) groups excluding carboxylic acids is 1. The first kappa shape index (κ1) is 14.9. The van der Waals surface area contributed by atoms with Crippen molar-refractivity contribution in [2.75, 3.05) is 18.8 Å². The Bertz CT molecular complexity index is 695. The number of amides is 1. The highest BCUT2D eigenvalue weighted by molar-refractivity contribution is 9.10. The number of thiophene rings is 1. The average molecular weight is 367 g/mol. The van der Waals surface area contributed by atoms with Crippen LogP contribution in [0.1, 0.15) is 29.9 Å². The lowest BCUT2D eigenvalue weighted by atomic mass is 9.95. The summed E-state index contributed by atoms with van der Waals surface area (Å²) in [5.41, 5.74) is 6.85. The van der Waals surface area contributed by atoms with E-state index < -0.39 is 0 Å². The minimum Gasteiger partial charge on any atom is -0.397 e. The molecule has 0 aliphatic carbocycles. The van der Waals surface area contributed by atoms with Crippen molar-refractivity contribution in [1.29, 1.82) is 0 Å². The molecule has 2 heterocycles. The van der Waals surface area contributed by atoms with Crippen LogP contribution in [0.4, 0.5) is 5.69 Å². The number of nitrogens with zero attached hydrogens (tertiary/aromatic N) is 1. The molecule has 21 heavy (non-hydrogen) atoms. The van der Waals surface area contributed by atoms with E-state index in [0.29, 0.717) is 22.4 Å². The van der Waals surface area contributed by atoms with Crippen LogP contribution < -0.4 is 5.73 Å². The monoisotopic (exact) mass is 366 g/mol. The van der Waals surface area contributed by atoms with Crippen molar-refractivity contribution in [3.63, 3.8) is 0 Å². The summed E-state index contributed by atoms with van der Waals surface area (Å²) in [5.74, 6) is 1.32. The van der Waals surface area contributed by atoms with Crippen LogP contribution in [0.5, 0.6) is 0 Å².